The Kier molecular flexibility index (Phi) is 21.0. The van der Waals surface area contributed by atoms with Crippen LogP contribution in [0.25, 0.3) is 0 Å². The zero-order valence-electron chi connectivity index (χ0n) is 5.90. The van der Waals surface area contributed by atoms with E-state index < -0.39 is 0 Å². The molecule has 48 valence electrons. The van der Waals surface area contributed by atoms with Gasteiger partial charge in [0, 0.05) is 13.5 Å². The standard InChI is InChI=1S/C5H8O.C2H6/c1-3-4-5-6-2;1-2/h1H,4-5H2,2H3;1-2H3. The largest absolute Gasteiger partial charge is 0.384 e. The SMILES string of the molecule is C#CCCOC.CC. The van der Waals surface area contributed by atoms with Crippen LogP contribution in [0.2, 0.25) is 0 Å². The summed E-state index contributed by atoms with van der Waals surface area (Å²) in [6.07, 6.45) is 5.60. The summed E-state index contributed by atoms with van der Waals surface area (Å²) in [6, 6.07) is 0. The van der Waals surface area contributed by atoms with Crippen molar-refractivity contribution in [3.63, 3.8) is 0 Å². The van der Waals surface area contributed by atoms with Gasteiger partial charge in [-0.1, -0.05) is 13.8 Å². The van der Waals surface area contributed by atoms with Crippen LogP contribution in [0.3, 0.4) is 0 Å². The minimum Gasteiger partial charge on any atom is -0.384 e. The van der Waals surface area contributed by atoms with Gasteiger partial charge in [0.15, 0.2) is 0 Å². The normalized spacial score (nSPS) is 6.25. The summed E-state index contributed by atoms with van der Waals surface area (Å²) in [6.45, 7) is 4.68. The molecule has 0 rings (SSSR count). The molecule has 0 bridgehead atoms. The van der Waals surface area contributed by atoms with Crippen LogP contribution in [-0.2, 0) is 4.74 Å². The molecule has 0 aromatic carbocycles. The molecule has 0 heterocycles. The lowest BCUT2D eigenvalue weighted by atomic mass is 10.5. The highest BCUT2D eigenvalue weighted by atomic mass is 16.5. The zero-order chi connectivity index (χ0) is 6.83. The second kappa shape index (κ2) is 16.0. The average Bonchev–Trinajstić information content (AvgIpc) is 1.88. The maximum Gasteiger partial charge on any atom is 0.0571 e. The lowest BCUT2D eigenvalue weighted by Crippen LogP contribution is -1.82. The van der Waals surface area contributed by atoms with Gasteiger partial charge in [0.1, 0.15) is 0 Å². The summed E-state index contributed by atoms with van der Waals surface area (Å²) >= 11 is 0. The van der Waals surface area contributed by atoms with Gasteiger partial charge in [0.2, 0.25) is 0 Å². The molecule has 0 aliphatic carbocycles. The average molecular weight is 114 g/mol. The molecular formula is C7H14O. The van der Waals surface area contributed by atoms with Crippen molar-refractivity contribution in [1.82, 2.24) is 0 Å². The molecule has 0 aromatic rings. The Morgan fingerprint density at radius 3 is 2.12 bits per heavy atom. The maximum absolute atomic E-state index is 4.88. The molecule has 0 aliphatic heterocycles. The molecule has 0 amide bonds. The first-order valence-corrected chi connectivity index (χ1v) is 2.84. The van der Waals surface area contributed by atoms with E-state index in [0.29, 0.717) is 6.61 Å². The summed E-state index contributed by atoms with van der Waals surface area (Å²) in [5, 5.41) is 0. The molecule has 0 atom stereocenters. The quantitative estimate of drug-likeness (QED) is 0.392. The van der Waals surface area contributed by atoms with Crippen LogP contribution >= 0.6 is 0 Å². The molecule has 0 spiro atoms. The lowest BCUT2D eigenvalue weighted by molar-refractivity contribution is 0.206. The molecule has 1 nitrogen and oxygen atoms in total. The van der Waals surface area contributed by atoms with Gasteiger partial charge in [-0.15, -0.1) is 12.3 Å². The van der Waals surface area contributed by atoms with E-state index in [1.807, 2.05) is 13.8 Å². The first kappa shape index (κ1) is 10.5. The van der Waals surface area contributed by atoms with E-state index in [4.69, 9.17) is 6.42 Å². The molecule has 0 aliphatic rings. The summed E-state index contributed by atoms with van der Waals surface area (Å²) < 4.78 is 4.64. The van der Waals surface area contributed by atoms with Gasteiger partial charge in [-0.25, -0.2) is 0 Å². The van der Waals surface area contributed by atoms with Gasteiger partial charge < -0.3 is 4.74 Å². The number of methoxy groups -OCH3 is 1. The van der Waals surface area contributed by atoms with Crippen molar-refractivity contribution in [2.45, 2.75) is 20.3 Å². The summed E-state index contributed by atoms with van der Waals surface area (Å²) in [5.74, 6) is 2.44. The zero-order valence-corrected chi connectivity index (χ0v) is 5.90. The van der Waals surface area contributed by atoms with Crippen LogP contribution in [-0.4, -0.2) is 13.7 Å². The van der Waals surface area contributed by atoms with E-state index in [9.17, 15) is 0 Å². The fourth-order valence-electron chi connectivity index (χ4n) is 0.161. The molecule has 0 saturated carbocycles. The molecule has 1 heteroatoms. The third-order valence-corrected chi connectivity index (χ3v) is 0.451. The van der Waals surface area contributed by atoms with Crippen LogP contribution in [0.1, 0.15) is 20.3 Å². The van der Waals surface area contributed by atoms with E-state index in [2.05, 4.69) is 10.7 Å². The van der Waals surface area contributed by atoms with E-state index in [-0.39, 0.29) is 0 Å². The third-order valence-electron chi connectivity index (χ3n) is 0.451. The van der Waals surface area contributed by atoms with Crippen LogP contribution in [0.15, 0.2) is 0 Å². The Morgan fingerprint density at radius 1 is 1.50 bits per heavy atom. The second-order valence-electron chi connectivity index (χ2n) is 0.947. The Balaban J connectivity index is 0. The van der Waals surface area contributed by atoms with Crippen LogP contribution in [0, 0.1) is 12.3 Å². The second-order valence-corrected chi connectivity index (χ2v) is 0.947. The van der Waals surface area contributed by atoms with E-state index in [0.717, 1.165) is 6.42 Å². The lowest BCUT2D eigenvalue weighted by Gasteiger charge is -1.84. The molecule has 0 fully saturated rings. The van der Waals surface area contributed by atoms with Gasteiger partial charge >= 0.3 is 0 Å². The number of hydrogen-bond donors (Lipinski definition) is 0. The Bertz CT molecular complexity index is 51.9. The van der Waals surface area contributed by atoms with Crippen molar-refractivity contribution in [1.29, 1.82) is 0 Å². The van der Waals surface area contributed by atoms with E-state index in [1.165, 1.54) is 0 Å². The van der Waals surface area contributed by atoms with E-state index >= 15 is 0 Å². The molecule has 0 radical (unpaired) electrons. The van der Waals surface area contributed by atoms with Gasteiger partial charge in [-0.3, -0.25) is 0 Å². The van der Waals surface area contributed by atoms with Gasteiger partial charge in [-0.05, 0) is 0 Å². The highest BCUT2D eigenvalue weighted by Gasteiger charge is 1.70. The van der Waals surface area contributed by atoms with Crippen molar-refractivity contribution in [3.05, 3.63) is 0 Å². The predicted molar refractivity (Wildman–Crippen MR) is 36.7 cm³/mol. The van der Waals surface area contributed by atoms with Crippen LogP contribution in [0.5, 0.6) is 0 Å². The number of ether oxygens (including phenoxy) is 1. The Labute approximate surface area is 52.0 Å². The minimum atomic E-state index is 0.677. The van der Waals surface area contributed by atoms with Crippen molar-refractivity contribution in [2.75, 3.05) is 13.7 Å². The molecule has 8 heavy (non-hydrogen) atoms. The Morgan fingerprint density at radius 2 is 2.00 bits per heavy atom. The summed E-state index contributed by atoms with van der Waals surface area (Å²) in [7, 11) is 1.64. The highest BCUT2D eigenvalue weighted by molar-refractivity contribution is 4.82. The first-order valence-electron chi connectivity index (χ1n) is 2.84. The molecular weight excluding hydrogens is 100 g/mol. The summed E-state index contributed by atoms with van der Waals surface area (Å²) in [5.41, 5.74) is 0. The maximum atomic E-state index is 4.88. The summed E-state index contributed by atoms with van der Waals surface area (Å²) in [4.78, 5) is 0. The van der Waals surface area contributed by atoms with Crippen LogP contribution < -0.4 is 0 Å². The molecule has 0 N–H and O–H groups in total. The monoisotopic (exact) mass is 114 g/mol. The van der Waals surface area contributed by atoms with Gasteiger partial charge in [0.05, 0.1) is 6.61 Å². The number of terminal acetylenes is 1. The van der Waals surface area contributed by atoms with Crippen molar-refractivity contribution >= 4 is 0 Å². The fraction of sp³-hybridized carbons (Fsp3) is 0.714. The smallest absolute Gasteiger partial charge is 0.0571 e. The Hall–Kier alpha value is -0.480. The first-order chi connectivity index (χ1) is 3.91. The van der Waals surface area contributed by atoms with Gasteiger partial charge in [0.25, 0.3) is 0 Å². The molecule has 0 aromatic heterocycles. The topological polar surface area (TPSA) is 9.23 Å². The van der Waals surface area contributed by atoms with Crippen molar-refractivity contribution in [3.8, 4) is 12.3 Å². The van der Waals surface area contributed by atoms with Crippen LogP contribution in [0.4, 0.5) is 0 Å². The van der Waals surface area contributed by atoms with E-state index in [1.54, 1.807) is 7.11 Å². The van der Waals surface area contributed by atoms with Crippen molar-refractivity contribution < 1.29 is 4.74 Å². The van der Waals surface area contributed by atoms with Crippen molar-refractivity contribution in [2.24, 2.45) is 0 Å². The molecule has 0 unspecified atom stereocenters. The highest BCUT2D eigenvalue weighted by Crippen LogP contribution is 1.71. The predicted octanol–water partition coefficient (Wildman–Crippen LogP) is 1.68. The number of rotatable bonds is 2. The minimum absolute atomic E-state index is 0.677. The number of hydrogen-bond acceptors (Lipinski definition) is 1. The van der Waals surface area contributed by atoms with Gasteiger partial charge in [-0.2, -0.15) is 0 Å². The third kappa shape index (κ3) is 17.8. The molecule has 0 saturated heterocycles. The fourth-order valence-corrected chi connectivity index (χ4v) is 0.161.